The molecular formula is C12H22N2O3. The number of esters is 1. The van der Waals surface area contributed by atoms with Crippen LogP contribution in [0.2, 0.25) is 0 Å². The van der Waals surface area contributed by atoms with E-state index in [0.29, 0.717) is 19.4 Å². The molecule has 0 saturated carbocycles. The van der Waals surface area contributed by atoms with E-state index in [1.54, 1.807) is 11.9 Å². The molecule has 1 atom stereocenters. The van der Waals surface area contributed by atoms with Gasteiger partial charge in [0.1, 0.15) is 0 Å². The highest BCUT2D eigenvalue weighted by molar-refractivity contribution is 5.86. The van der Waals surface area contributed by atoms with Crippen molar-refractivity contribution >= 4 is 11.9 Å². The molecule has 1 aliphatic rings. The van der Waals surface area contributed by atoms with E-state index in [4.69, 9.17) is 0 Å². The molecule has 5 nitrogen and oxygen atoms in total. The summed E-state index contributed by atoms with van der Waals surface area (Å²) < 4.78 is 4.56. The molecule has 1 fully saturated rings. The first kappa shape index (κ1) is 14.0. The standard InChI is InChI=1S/C12H22N2O3/c1-12(7-5-8-13-12)11(16)14(2)9-4-6-10(15)17-3/h13H,4-9H2,1-3H3. The summed E-state index contributed by atoms with van der Waals surface area (Å²) in [5, 5.41) is 3.24. The molecule has 17 heavy (non-hydrogen) atoms. The lowest BCUT2D eigenvalue weighted by Gasteiger charge is -2.29. The Hall–Kier alpha value is -1.10. The van der Waals surface area contributed by atoms with E-state index in [9.17, 15) is 9.59 Å². The van der Waals surface area contributed by atoms with Crippen molar-refractivity contribution in [3.8, 4) is 0 Å². The van der Waals surface area contributed by atoms with E-state index < -0.39 is 5.54 Å². The predicted octanol–water partition coefficient (Wildman–Crippen LogP) is 0.540. The smallest absolute Gasteiger partial charge is 0.305 e. The first-order chi connectivity index (χ1) is 7.99. The Morgan fingerprint density at radius 2 is 2.18 bits per heavy atom. The normalized spacial score (nSPS) is 23.5. The van der Waals surface area contributed by atoms with E-state index in [2.05, 4.69) is 10.1 Å². The summed E-state index contributed by atoms with van der Waals surface area (Å²) in [5.41, 5.74) is -0.417. The van der Waals surface area contributed by atoms with Gasteiger partial charge in [-0.2, -0.15) is 0 Å². The van der Waals surface area contributed by atoms with Gasteiger partial charge in [0.2, 0.25) is 5.91 Å². The summed E-state index contributed by atoms with van der Waals surface area (Å²) in [4.78, 5) is 24.8. The molecule has 1 N–H and O–H groups in total. The fourth-order valence-corrected chi connectivity index (χ4v) is 2.16. The summed E-state index contributed by atoms with van der Waals surface area (Å²) in [7, 11) is 3.16. The Balaban J connectivity index is 2.34. The van der Waals surface area contributed by atoms with Crippen LogP contribution in [-0.4, -0.2) is 49.6 Å². The maximum Gasteiger partial charge on any atom is 0.305 e. The number of methoxy groups -OCH3 is 1. The van der Waals surface area contributed by atoms with Gasteiger partial charge in [-0.15, -0.1) is 0 Å². The van der Waals surface area contributed by atoms with Gasteiger partial charge in [0.05, 0.1) is 12.6 Å². The molecule has 5 heteroatoms. The molecule has 0 radical (unpaired) electrons. The van der Waals surface area contributed by atoms with E-state index in [1.807, 2.05) is 6.92 Å². The fourth-order valence-electron chi connectivity index (χ4n) is 2.16. The van der Waals surface area contributed by atoms with Gasteiger partial charge in [-0.25, -0.2) is 0 Å². The maximum absolute atomic E-state index is 12.2. The number of hydrogen-bond acceptors (Lipinski definition) is 4. The summed E-state index contributed by atoms with van der Waals surface area (Å²) in [5.74, 6) is -0.115. The zero-order chi connectivity index (χ0) is 12.9. The quantitative estimate of drug-likeness (QED) is 0.715. The van der Waals surface area contributed by atoms with Gasteiger partial charge >= 0.3 is 5.97 Å². The number of carbonyl (C=O) groups excluding carboxylic acids is 2. The van der Waals surface area contributed by atoms with Gasteiger partial charge in [-0.3, -0.25) is 9.59 Å². The third-order valence-corrected chi connectivity index (χ3v) is 3.29. The van der Waals surface area contributed by atoms with E-state index in [0.717, 1.165) is 19.4 Å². The summed E-state index contributed by atoms with van der Waals surface area (Å²) in [6.07, 6.45) is 2.93. The fraction of sp³-hybridized carbons (Fsp3) is 0.833. The minimum absolute atomic E-state index is 0.111. The van der Waals surface area contributed by atoms with Crippen LogP contribution in [0.15, 0.2) is 0 Å². The molecule has 1 saturated heterocycles. The molecule has 98 valence electrons. The molecule has 0 aromatic carbocycles. The van der Waals surface area contributed by atoms with Crippen LogP contribution in [-0.2, 0) is 14.3 Å². The van der Waals surface area contributed by atoms with Gasteiger partial charge in [0.25, 0.3) is 0 Å². The van der Waals surface area contributed by atoms with Gasteiger partial charge in [0, 0.05) is 20.0 Å². The molecule has 0 aliphatic carbocycles. The van der Waals surface area contributed by atoms with Crippen LogP contribution in [0.5, 0.6) is 0 Å². The monoisotopic (exact) mass is 242 g/mol. The highest BCUT2D eigenvalue weighted by atomic mass is 16.5. The van der Waals surface area contributed by atoms with Crippen molar-refractivity contribution in [2.45, 2.75) is 38.1 Å². The number of rotatable bonds is 5. The molecule has 1 heterocycles. The Kier molecular flexibility index (Phi) is 4.93. The lowest BCUT2D eigenvalue weighted by molar-refractivity contribution is -0.141. The molecule has 0 aromatic rings. The molecule has 1 rings (SSSR count). The summed E-state index contributed by atoms with van der Waals surface area (Å²) in [6.45, 7) is 3.43. The minimum Gasteiger partial charge on any atom is -0.469 e. The third kappa shape index (κ3) is 3.70. The second-order valence-electron chi connectivity index (χ2n) is 4.77. The zero-order valence-corrected chi connectivity index (χ0v) is 10.9. The minimum atomic E-state index is -0.417. The van der Waals surface area contributed by atoms with Crippen LogP contribution in [0.1, 0.15) is 32.6 Å². The lowest BCUT2D eigenvalue weighted by atomic mass is 9.98. The van der Waals surface area contributed by atoms with E-state index >= 15 is 0 Å². The second-order valence-corrected chi connectivity index (χ2v) is 4.77. The van der Waals surface area contributed by atoms with Crippen LogP contribution < -0.4 is 5.32 Å². The van der Waals surface area contributed by atoms with Crippen LogP contribution in [0, 0.1) is 0 Å². The third-order valence-electron chi connectivity index (χ3n) is 3.29. The average Bonchev–Trinajstić information content (AvgIpc) is 2.76. The topological polar surface area (TPSA) is 58.6 Å². The second kappa shape index (κ2) is 6.00. The SMILES string of the molecule is COC(=O)CCCN(C)C(=O)C1(C)CCCN1. The van der Waals surface area contributed by atoms with E-state index in [-0.39, 0.29) is 11.9 Å². The molecule has 1 aliphatic heterocycles. The largest absolute Gasteiger partial charge is 0.469 e. The van der Waals surface area contributed by atoms with Gasteiger partial charge in [-0.1, -0.05) is 0 Å². The van der Waals surface area contributed by atoms with Crippen molar-refractivity contribution < 1.29 is 14.3 Å². The Morgan fingerprint density at radius 1 is 1.47 bits per heavy atom. The summed E-state index contributed by atoms with van der Waals surface area (Å²) >= 11 is 0. The predicted molar refractivity (Wildman–Crippen MR) is 64.5 cm³/mol. The van der Waals surface area contributed by atoms with Gasteiger partial charge in [0.15, 0.2) is 0 Å². The molecule has 1 amide bonds. The van der Waals surface area contributed by atoms with Crippen molar-refractivity contribution in [3.05, 3.63) is 0 Å². The van der Waals surface area contributed by atoms with Crippen LogP contribution >= 0.6 is 0 Å². The molecular weight excluding hydrogens is 220 g/mol. The van der Waals surface area contributed by atoms with Crippen molar-refractivity contribution in [3.63, 3.8) is 0 Å². The first-order valence-electron chi connectivity index (χ1n) is 6.07. The first-order valence-corrected chi connectivity index (χ1v) is 6.07. The Labute approximate surface area is 102 Å². The van der Waals surface area contributed by atoms with Crippen LogP contribution in [0.3, 0.4) is 0 Å². The highest BCUT2D eigenvalue weighted by Gasteiger charge is 2.37. The number of nitrogens with one attached hydrogen (secondary N) is 1. The summed E-state index contributed by atoms with van der Waals surface area (Å²) in [6, 6.07) is 0. The van der Waals surface area contributed by atoms with Crippen molar-refractivity contribution in [2.24, 2.45) is 0 Å². The van der Waals surface area contributed by atoms with Crippen molar-refractivity contribution in [1.82, 2.24) is 10.2 Å². The molecule has 1 unspecified atom stereocenters. The number of likely N-dealkylation sites (N-methyl/N-ethyl adjacent to an activating group) is 1. The number of hydrogen-bond donors (Lipinski definition) is 1. The van der Waals surface area contributed by atoms with Crippen molar-refractivity contribution in [1.29, 1.82) is 0 Å². The Bertz CT molecular complexity index is 285. The molecule has 0 spiro atoms. The van der Waals surface area contributed by atoms with Gasteiger partial charge in [-0.05, 0) is 32.7 Å². The molecule has 0 bridgehead atoms. The highest BCUT2D eigenvalue weighted by Crippen LogP contribution is 2.20. The lowest BCUT2D eigenvalue weighted by Crippen LogP contribution is -2.51. The Morgan fingerprint density at radius 3 is 2.71 bits per heavy atom. The van der Waals surface area contributed by atoms with Crippen LogP contribution in [0.4, 0.5) is 0 Å². The van der Waals surface area contributed by atoms with Crippen molar-refractivity contribution in [2.75, 3.05) is 27.2 Å². The van der Waals surface area contributed by atoms with Crippen LogP contribution in [0.25, 0.3) is 0 Å². The number of nitrogens with zero attached hydrogens (tertiary/aromatic N) is 1. The average molecular weight is 242 g/mol. The number of carbonyl (C=O) groups is 2. The number of ether oxygens (including phenoxy) is 1. The van der Waals surface area contributed by atoms with Gasteiger partial charge < -0.3 is 15.0 Å². The molecule has 0 aromatic heterocycles. The van der Waals surface area contributed by atoms with E-state index in [1.165, 1.54) is 7.11 Å². The zero-order valence-electron chi connectivity index (χ0n) is 10.9. The maximum atomic E-state index is 12.2. The number of amides is 1.